The van der Waals surface area contributed by atoms with E-state index in [4.69, 9.17) is 0 Å². The first-order valence-electron chi connectivity index (χ1n) is 8.24. The fraction of sp³-hybridized carbons (Fsp3) is 0.625. The summed E-state index contributed by atoms with van der Waals surface area (Å²) in [4.78, 5) is 46.9. The first-order chi connectivity index (χ1) is 11.1. The van der Waals surface area contributed by atoms with E-state index >= 15 is 0 Å². The lowest BCUT2D eigenvalue weighted by molar-refractivity contribution is -0.145. The molecule has 2 amide bonds. The van der Waals surface area contributed by atoms with Crippen LogP contribution in [0.1, 0.15) is 49.5 Å². The van der Waals surface area contributed by atoms with E-state index in [2.05, 4.69) is 16.9 Å². The number of nitrogens with one attached hydrogen (secondary N) is 1. The van der Waals surface area contributed by atoms with Crippen LogP contribution in [-0.4, -0.2) is 56.8 Å². The van der Waals surface area contributed by atoms with Gasteiger partial charge in [-0.3, -0.25) is 14.4 Å². The third-order valence-corrected chi connectivity index (χ3v) is 4.82. The number of likely N-dealkylation sites (tertiary alicyclic amines) is 2. The monoisotopic (exact) mass is 318 g/mol. The van der Waals surface area contributed by atoms with Crippen molar-refractivity contribution in [2.24, 2.45) is 0 Å². The molecule has 1 aromatic heterocycles. The molecule has 2 aliphatic rings. The van der Waals surface area contributed by atoms with E-state index in [1.807, 2.05) is 4.90 Å². The Morgan fingerprint density at radius 2 is 2.04 bits per heavy atom. The Labute approximate surface area is 134 Å². The zero-order chi connectivity index (χ0) is 16.4. The van der Waals surface area contributed by atoms with Crippen LogP contribution in [0.15, 0.2) is 17.2 Å². The van der Waals surface area contributed by atoms with E-state index in [1.54, 1.807) is 4.90 Å². The number of nitrogens with zero attached hydrogens (tertiary/aromatic N) is 3. The van der Waals surface area contributed by atoms with Crippen molar-refractivity contribution >= 4 is 11.8 Å². The minimum atomic E-state index is -0.720. The molecule has 1 atom stereocenters. The molecule has 2 aliphatic heterocycles. The second-order valence-corrected chi connectivity index (χ2v) is 6.28. The van der Waals surface area contributed by atoms with E-state index in [-0.39, 0.29) is 23.1 Å². The summed E-state index contributed by atoms with van der Waals surface area (Å²) in [6, 6.07) is 0. The van der Waals surface area contributed by atoms with E-state index in [0.29, 0.717) is 19.4 Å². The molecule has 2 fully saturated rings. The second kappa shape index (κ2) is 6.14. The lowest BCUT2D eigenvalue weighted by Gasteiger charge is -2.44. The normalized spacial score (nSPS) is 24.5. The summed E-state index contributed by atoms with van der Waals surface area (Å²) in [6.45, 7) is 4.12. The Kier molecular flexibility index (Phi) is 4.19. The van der Waals surface area contributed by atoms with Crippen LogP contribution in [-0.2, 0) is 4.79 Å². The van der Waals surface area contributed by atoms with Crippen molar-refractivity contribution in [2.75, 3.05) is 19.6 Å². The lowest BCUT2D eigenvalue weighted by atomic mass is 9.85. The van der Waals surface area contributed by atoms with Crippen LogP contribution in [0, 0.1) is 0 Å². The smallest absolute Gasteiger partial charge is 0.274 e. The maximum absolute atomic E-state index is 13.0. The molecule has 1 spiro atoms. The van der Waals surface area contributed by atoms with Gasteiger partial charge in [-0.25, -0.2) is 4.98 Å². The van der Waals surface area contributed by atoms with Crippen LogP contribution in [0.4, 0.5) is 0 Å². The fourth-order valence-corrected chi connectivity index (χ4v) is 3.80. The second-order valence-electron chi connectivity index (χ2n) is 6.28. The third kappa shape index (κ3) is 2.64. The van der Waals surface area contributed by atoms with E-state index < -0.39 is 5.54 Å². The summed E-state index contributed by atoms with van der Waals surface area (Å²) in [5, 5.41) is 0. The molecule has 23 heavy (non-hydrogen) atoms. The minimum absolute atomic E-state index is 0.0703. The van der Waals surface area contributed by atoms with Gasteiger partial charge in [0.25, 0.3) is 11.5 Å². The van der Waals surface area contributed by atoms with E-state index in [9.17, 15) is 14.4 Å². The number of H-pyrrole nitrogens is 1. The van der Waals surface area contributed by atoms with E-state index in [1.165, 1.54) is 6.20 Å². The van der Waals surface area contributed by atoms with Gasteiger partial charge in [-0.2, -0.15) is 0 Å². The van der Waals surface area contributed by atoms with Crippen molar-refractivity contribution in [2.45, 2.75) is 44.6 Å². The summed E-state index contributed by atoms with van der Waals surface area (Å²) >= 11 is 0. The Hall–Kier alpha value is -2.18. The van der Waals surface area contributed by atoms with Gasteiger partial charge in [0, 0.05) is 25.8 Å². The number of hydrogen-bond acceptors (Lipinski definition) is 4. The molecule has 7 nitrogen and oxygen atoms in total. The van der Waals surface area contributed by atoms with E-state index in [0.717, 1.165) is 38.5 Å². The molecule has 0 aliphatic carbocycles. The highest BCUT2D eigenvalue weighted by molar-refractivity contribution is 5.98. The van der Waals surface area contributed by atoms with Crippen LogP contribution in [0.2, 0.25) is 0 Å². The van der Waals surface area contributed by atoms with Gasteiger partial charge < -0.3 is 14.8 Å². The number of carbonyl (C=O) groups excluding carboxylic acids is 2. The van der Waals surface area contributed by atoms with Crippen molar-refractivity contribution in [3.8, 4) is 0 Å². The first kappa shape index (κ1) is 15.7. The molecular weight excluding hydrogens is 296 g/mol. The summed E-state index contributed by atoms with van der Waals surface area (Å²) in [6.07, 6.45) is 6.49. The number of hydrogen-bond donors (Lipinski definition) is 1. The van der Waals surface area contributed by atoms with Crippen molar-refractivity contribution in [1.29, 1.82) is 0 Å². The number of piperidine rings is 1. The fourth-order valence-electron chi connectivity index (χ4n) is 3.80. The van der Waals surface area contributed by atoms with Gasteiger partial charge in [0.05, 0.1) is 6.20 Å². The highest BCUT2D eigenvalue weighted by Crippen LogP contribution is 2.38. The maximum atomic E-state index is 13.0. The molecule has 1 unspecified atom stereocenters. The average molecular weight is 318 g/mol. The molecule has 0 aromatic carbocycles. The molecule has 2 saturated heterocycles. The van der Waals surface area contributed by atoms with Crippen molar-refractivity contribution in [3.63, 3.8) is 0 Å². The topological polar surface area (TPSA) is 86.4 Å². The van der Waals surface area contributed by atoms with Gasteiger partial charge in [0.1, 0.15) is 11.2 Å². The minimum Gasteiger partial charge on any atom is -0.341 e. The molecule has 1 aromatic rings. The molecule has 3 heterocycles. The standard InChI is InChI=1S/C16H22N4O3/c1-2-7-19-8-3-5-16(15(19)23)6-4-9-20(16)14(22)12-10-18-13(21)11-17-12/h10-11H,2-9H2,1H3,(H,18,21). The molecular formula is C16H22N4O3. The van der Waals surface area contributed by atoms with Crippen LogP contribution in [0.5, 0.6) is 0 Å². The Morgan fingerprint density at radius 1 is 1.30 bits per heavy atom. The van der Waals surface area contributed by atoms with Crippen LogP contribution >= 0.6 is 0 Å². The van der Waals surface area contributed by atoms with Gasteiger partial charge in [-0.15, -0.1) is 0 Å². The largest absolute Gasteiger partial charge is 0.341 e. The Balaban J connectivity index is 1.89. The van der Waals surface area contributed by atoms with Crippen molar-refractivity contribution in [3.05, 3.63) is 28.4 Å². The van der Waals surface area contributed by atoms with Gasteiger partial charge in [-0.1, -0.05) is 6.92 Å². The van der Waals surface area contributed by atoms with Crippen LogP contribution < -0.4 is 5.56 Å². The number of aromatic nitrogens is 2. The molecule has 1 N–H and O–H groups in total. The van der Waals surface area contributed by atoms with Gasteiger partial charge in [0.15, 0.2) is 0 Å². The SMILES string of the molecule is CCCN1CCCC2(CCCN2C(=O)c2c[nH]c(=O)cn2)C1=O. The quantitative estimate of drug-likeness (QED) is 0.892. The number of rotatable bonds is 3. The molecule has 0 saturated carbocycles. The highest BCUT2D eigenvalue weighted by atomic mass is 16.2. The summed E-state index contributed by atoms with van der Waals surface area (Å²) in [5.74, 6) is -0.202. The predicted octanol–water partition coefficient (Wildman–Crippen LogP) is 0.777. The maximum Gasteiger partial charge on any atom is 0.274 e. The van der Waals surface area contributed by atoms with Crippen molar-refractivity contribution in [1.82, 2.24) is 19.8 Å². The van der Waals surface area contributed by atoms with Gasteiger partial charge in [0.2, 0.25) is 5.91 Å². The van der Waals surface area contributed by atoms with Crippen molar-refractivity contribution < 1.29 is 9.59 Å². The zero-order valence-corrected chi connectivity index (χ0v) is 13.4. The molecule has 0 bridgehead atoms. The highest BCUT2D eigenvalue weighted by Gasteiger charge is 2.52. The third-order valence-electron chi connectivity index (χ3n) is 4.82. The number of aromatic amines is 1. The zero-order valence-electron chi connectivity index (χ0n) is 13.4. The van der Waals surface area contributed by atoms with Gasteiger partial charge in [-0.05, 0) is 32.1 Å². The lowest BCUT2D eigenvalue weighted by Crippen LogP contribution is -2.61. The summed E-state index contributed by atoms with van der Waals surface area (Å²) in [5.41, 5.74) is -0.880. The first-order valence-corrected chi connectivity index (χ1v) is 8.24. The molecule has 3 rings (SSSR count). The van der Waals surface area contributed by atoms with Crippen LogP contribution in [0.3, 0.4) is 0 Å². The number of carbonyl (C=O) groups is 2. The Bertz CT molecular complexity index is 649. The van der Waals surface area contributed by atoms with Crippen LogP contribution in [0.25, 0.3) is 0 Å². The molecule has 0 radical (unpaired) electrons. The number of amides is 2. The van der Waals surface area contributed by atoms with Gasteiger partial charge >= 0.3 is 0 Å². The Morgan fingerprint density at radius 3 is 2.70 bits per heavy atom. The molecule has 7 heteroatoms. The summed E-state index contributed by atoms with van der Waals surface area (Å²) < 4.78 is 0. The molecule has 124 valence electrons. The predicted molar refractivity (Wildman–Crippen MR) is 84.0 cm³/mol. The summed E-state index contributed by atoms with van der Waals surface area (Å²) in [7, 11) is 0. The average Bonchev–Trinajstić information content (AvgIpc) is 2.97.